The fourth-order valence-corrected chi connectivity index (χ4v) is 2.10. The number of aryl methyl sites for hydroxylation is 2. The predicted molar refractivity (Wildman–Crippen MR) is 70.9 cm³/mol. The zero-order chi connectivity index (χ0) is 12.7. The summed E-state index contributed by atoms with van der Waals surface area (Å²) in [6.07, 6.45) is 3.47. The first kappa shape index (κ1) is 10.7. The Morgan fingerprint density at radius 1 is 1.17 bits per heavy atom. The summed E-state index contributed by atoms with van der Waals surface area (Å²) in [5, 5.41) is 5.40. The number of nitrogen functional groups attached to an aromatic ring is 1. The smallest absolute Gasteiger partial charge is 0.160 e. The summed E-state index contributed by atoms with van der Waals surface area (Å²) in [5.41, 5.74) is 10.3. The molecule has 0 aliphatic rings. The van der Waals surface area contributed by atoms with Gasteiger partial charge in [0.05, 0.1) is 5.39 Å². The molecule has 0 aliphatic heterocycles. The summed E-state index contributed by atoms with van der Waals surface area (Å²) in [6.45, 7) is 1.95. The third-order valence-corrected chi connectivity index (χ3v) is 2.93. The molecule has 0 aliphatic carbocycles. The van der Waals surface area contributed by atoms with Crippen molar-refractivity contribution >= 4 is 16.7 Å². The Morgan fingerprint density at radius 2 is 1.94 bits per heavy atom. The van der Waals surface area contributed by atoms with E-state index in [4.69, 9.17) is 5.73 Å². The Kier molecular flexibility index (Phi) is 2.26. The zero-order valence-corrected chi connectivity index (χ0v) is 10.3. The van der Waals surface area contributed by atoms with Gasteiger partial charge in [-0.15, -0.1) is 0 Å². The molecule has 3 heterocycles. The van der Waals surface area contributed by atoms with Crippen molar-refractivity contribution in [3.8, 4) is 11.3 Å². The van der Waals surface area contributed by atoms with Gasteiger partial charge in [-0.1, -0.05) is 0 Å². The van der Waals surface area contributed by atoms with E-state index in [1.54, 1.807) is 23.1 Å². The van der Waals surface area contributed by atoms with Crippen molar-refractivity contribution in [2.75, 3.05) is 5.73 Å². The SMILES string of the molecule is Cc1cc(-c2nn(C)c3nccc(N)c23)ccn1. The molecule has 3 rings (SSSR count). The Bertz CT molecular complexity index is 729. The van der Waals surface area contributed by atoms with Gasteiger partial charge in [0.15, 0.2) is 5.65 Å². The molecule has 5 nitrogen and oxygen atoms in total. The number of hydrogen-bond donors (Lipinski definition) is 1. The molecule has 0 saturated heterocycles. The second-order valence-corrected chi connectivity index (χ2v) is 4.26. The second kappa shape index (κ2) is 3.80. The minimum absolute atomic E-state index is 0.692. The van der Waals surface area contributed by atoms with Crippen molar-refractivity contribution in [2.45, 2.75) is 6.92 Å². The van der Waals surface area contributed by atoms with E-state index in [-0.39, 0.29) is 0 Å². The number of nitrogens with zero attached hydrogens (tertiary/aromatic N) is 4. The Hall–Kier alpha value is -2.43. The molecule has 3 aromatic rings. The van der Waals surface area contributed by atoms with E-state index in [1.165, 1.54) is 0 Å². The van der Waals surface area contributed by atoms with Crippen LogP contribution in [0.25, 0.3) is 22.3 Å². The highest BCUT2D eigenvalue weighted by atomic mass is 15.3. The number of anilines is 1. The van der Waals surface area contributed by atoms with Crippen LogP contribution in [0.5, 0.6) is 0 Å². The number of hydrogen-bond acceptors (Lipinski definition) is 4. The lowest BCUT2D eigenvalue weighted by molar-refractivity contribution is 0.789. The lowest BCUT2D eigenvalue weighted by Gasteiger charge is -2.00. The van der Waals surface area contributed by atoms with Gasteiger partial charge >= 0.3 is 0 Å². The average molecular weight is 239 g/mol. The van der Waals surface area contributed by atoms with Crippen molar-refractivity contribution in [1.29, 1.82) is 0 Å². The molecule has 0 fully saturated rings. The van der Waals surface area contributed by atoms with Crippen LogP contribution in [0.3, 0.4) is 0 Å². The zero-order valence-electron chi connectivity index (χ0n) is 10.3. The van der Waals surface area contributed by atoms with Crippen LogP contribution in [0.1, 0.15) is 5.69 Å². The van der Waals surface area contributed by atoms with Crippen LogP contribution in [-0.4, -0.2) is 19.7 Å². The summed E-state index contributed by atoms with van der Waals surface area (Å²) >= 11 is 0. The highest BCUT2D eigenvalue weighted by molar-refractivity contribution is 5.99. The molecule has 0 unspecified atom stereocenters. The predicted octanol–water partition coefficient (Wildman–Crippen LogP) is 1.92. The Morgan fingerprint density at radius 3 is 2.72 bits per heavy atom. The van der Waals surface area contributed by atoms with Crippen molar-refractivity contribution in [1.82, 2.24) is 19.7 Å². The molecule has 90 valence electrons. The molecule has 0 radical (unpaired) electrons. The molecular formula is C13H13N5. The maximum Gasteiger partial charge on any atom is 0.160 e. The number of nitrogens with two attached hydrogens (primary N) is 1. The first-order valence-electron chi connectivity index (χ1n) is 5.67. The standard InChI is InChI=1S/C13H13N5/c1-8-7-9(3-5-15-8)12-11-10(14)4-6-16-13(11)18(2)17-12/h3-7H,1-2H3,(H2,14,16). The molecular weight excluding hydrogens is 226 g/mol. The summed E-state index contributed by atoms with van der Waals surface area (Å²) in [5.74, 6) is 0. The molecule has 2 N–H and O–H groups in total. The Balaban J connectivity index is 2.36. The monoisotopic (exact) mass is 239 g/mol. The highest BCUT2D eigenvalue weighted by Crippen LogP contribution is 2.30. The number of rotatable bonds is 1. The first-order valence-corrected chi connectivity index (χ1v) is 5.67. The van der Waals surface area contributed by atoms with Crippen molar-refractivity contribution < 1.29 is 0 Å². The summed E-state index contributed by atoms with van der Waals surface area (Å²) in [6, 6.07) is 5.72. The van der Waals surface area contributed by atoms with Gasteiger partial charge in [0.25, 0.3) is 0 Å². The van der Waals surface area contributed by atoms with Gasteiger partial charge in [-0.3, -0.25) is 4.98 Å². The van der Waals surface area contributed by atoms with Crippen LogP contribution in [0.15, 0.2) is 30.6 Å². The molecule has 18 heavy (non-hydrogen) atoms. The molecule has 0 saturated carbocycles. The van der Waals surface area contributed by atoms with E-state index < -0.39 is 0 Å². The molecule has 0 bridgehead atoms. The van der Waals surface area contributed by atoms with Crippen molar-refractivity contribution in [3.63, 3.8) is 0 Å². The van der Waals surface area contributed by atoms with Crippen LogP contribution >= 0.6 is 0 Å². The summed E-state index contributed by atoms with van der Waals surface area (Å²) in [4.78, 5) is 8.51. The molecule has 0 atom stereocenters. The van der Waals surface area contributed by atoms with Crippen molar-refractivity contribution in [3.05, 3.63) is 36.3 Å². The van der Waals surface area contributed by atoms with E-state index in [0.29, 0.717) is 5.69 Å². The van der Waals surface area contributed by atoms with E-state index in [1.807, 2.05) is 26.1 Å². The minimum Gasteiger partial charge on any atom is -0.398 e. The van der Waals surface area contributed by atoms with Gasteiger partial charge < -0.3 is 5.73 Å². The van der Waals surface area contributed by atoms with Gasteiger partial charge in [0.2, 0.25) is 0 Å². The minimum atomic E-state index is 0.692. The topological polar surface area (TPSA) is 69.6 Å². The summed E-state index contributed by atoms with van der Waals surface area (Å²) < 4.78 is 1.75. The second-order valence-electron chi connectivity index (χ2n) is 4.26. The van der Waals surface area contributed by atoms with Crippen LogP contribution in [-0.2, 0) is 7.05 Å². The maximum atomic E-state index is 6.04. The van der Waals surface area contributed by atoms with Gasteiger partial charge in [0.1, 0.15) is 5.69 Å². The van der Waals surface area contributed by atoms with E-state index in [0.717, 1.165) is 28.0 Å². The van der Waals surface area contributed by atoms with E-state index >= 15 is 0 Å². The van der Waals surface area contributed by atoms with Gasteiger partial charge in [-0.25, -0.2) is 9.67 Å². The third kappa shape index (κ3) is 1.52. The molecule has 0 spiro atoms. The third-order valence-electron chi connectivity index (χ3n) is 2.93. The van der Waals surface area contributed by atoms with Crippen LogP contribution < -0.4 is 5.73 Å². The molecule has 0 amide bonds. The lowest BCUT2D eigenvalue weighted by Crippen LogP contribution is -1.92. The van der Waals surface area contributed by atoms with Gasteiger partial charge in [-0.05, 0) is 25.1 Å². The van der Waals surface area contributed by atoms with E-state index in [2.05, 4.69) is 15.1 Å². The van der Waals surface area contributed by atoms with Crippen LogP contribution in [0.4, 0.5) is 5.69 Å². The van der Waals surface area contributed by atoms with Crippen LogP contribution in [0, 0.1) is 6.92 Å². The quantitative estimate of drug-likeness (QED) is 0.704. The molecule has 0 aromatic carbocycles. The Labute approximate surface area is 104 Å². The van der Waals surface area contributed by atoms with E-state index in [9.17, 15) is 0 Å². The van der Waals surface area contributed by atoms with Crippen molar-refractivity contribution in [2.24, 2.45) is 7.05 Å². The number of fused-ring (bicyclic) bond motifs is 1. The average Bonchev–Trinajstić information content (AvgIpc) is 2.69. The largest absolute Gasteiger partial charge is 0.398 e. The maximum absolute atomic E-state index is 6.04. The number of pyridine rings is 2. The molecule has 5 heteroatoms. The fourth-order valence-electron chi connectivity index (χ4n) is 2.10. The highest BCUT2D eigenvalue weighted by Gasteiger charge is 2.14. The molecule has 3 aromatic heterocycles. The lowest BCUT2D eigenvalue weighted by atomic mass is 10.1. The van der Waals surface area contributed by atoms with Gasteiger partial charge in [0, 0.05) is 36.4 Å². The fraction of sp³-hybridized carbons (Fsp3) is 0.154. The normalized spacial score (nSPS) is 11.0. The summed E-state index contributed by atoms with van der Waals surface area (Å²) in [7, 11) is 1.87. The van der Waals surface area contributed by atoms with Crippen LogP contribution in [0.2, 0.25) is 0 Å². The number of aromatic nitrogens is 4. The van der Waals surface area contributed by atoms with Gasteiger partial charge in [-0.2, -0.15) is 5.10 Å². The first-order chi connectivity index (χ1) is 8.66.